The lowest BCUT2D eigenvalue weighted by Gasteiger charge is -2.27. The molecule has 0 spiro atoms. The summed E-state index contributed by atoms with van der Waals surface area (Å²) in [5, 5.41) is 0. The van der Waals surface area contributed by atoms with Gasteiger partial charge in [0.25, 0.3) is 0 Å². The van der Waals surface area contributed by atoms with Crippen molar-refractivity contribution >= 4 is 0 Å². The van der Waals surface area contributed by atoms with Gasteiger partial charge >= 0.3 is 0 Å². The fourth-order valence-corrected chi connectivity index (χ4v) is 2.25. The topological polar surface area (TPSA) is 38.5 Å². The largest absolute Gasteiger partial charge is 0.383 e. The average molecular weight is 264 g/mol. The van der Waals surface area contributed by atoms with Crippen LogP contribution < -0.4 is 5.73 Å². The van der Waals surface area contributed by atoms with Crippen LogP contribution in [0.3, 0.4) is 0 Å². The van der Waals surface area contributed by atoms with Gasteiger partial charge < -0.3 is 10.5 Å². The first-order valence-corrected chi connectivity index (χ1v) is 7.14. The smallest absolute Gasteiger partial charge is 0.0615 e. The Morgan fingerprint density at radius 3 is 2.32 bits per heavy atom. The number of nitrogens with two attached hydrogens (primary N) is 1. The van der Waals surface area contributed by atoms with Gasteiger partial charge in [-0.25, -0.2) is 0 Å². The highest BCUT2D eigenvalue weighted by atomic mass is 16.5. The van der Waals surface area contributed by atoms with E-state index in [4.69, 9.17) is 10.5 Å². The van der Waals surface area contributed by atoms with Crippen LogP contribution in [-0.4, -0.2) is 37.7 Å². The minimum Gasteiger partial charge on any atom is -0.383 e. The predicted octanol–water partition coefficient (Wildman–Crippen LogP) is 2.61. The zero-order chi connectivity index (χ0) is 14.3. The van der Waals surface area contributed by atoms with Crippen LogP contribution in [0.15, 0.2) is 24.3 Å². The van der Waals surface area contributed by atoms with Gasteiger partial charge in [-0.15, -0.1) is 0 Å². The maximum atomic E-state index is 5.70. The molecule has 0 aliphatic heterocycles. The molecule has 3 nitrogen and oxygen atoms in total. The van der Waals surface area contributed by atoms with Crippen LogP contribution >= 0.6 is 0 Å². The molecule has 0 bridgehead atoms. The summed E-state index contributed by atoms with van der Waals surface area (Å²) in [7, 11) is 1.76. The van der Waals surface area contributed by atoms with Gasteiger partial charge in [-0.1, -0.05) is 38.1 Å². The number of rotatable bonds is 8. The molecule has 2 N–H and O–H groups in total. The number of methoxy groups -OCH3 is 1. The third-order valence-electron chi connectivity index (χ3n) is 3.73. The van der Waals surface area contributed by atoms with Crippen molar-refractivity contribution in [1.29, 1.82) is 0 Å². The van der Waals surface area contributed by atoms with Gasteiger partial charge in [-0.05, 0) is 37.1 Å². The van der Waals surface area contributed by atoms with Crippen LogP contribution in [0.4, 0.5) is 0 Å². The fourth-order valence-electron chi connectivity index (χ4n) is 2.25. The van der Waals surface area contributed by atoms with Gasteiger partial charge in [0.2, 0.25) is 0 Å². The highest BCUT2D eigenvalue weighted by Crippen LogP contribution is 2.16. The summed E-state index contributed by atoms with van der Waals surface area (Å²) in [6.07, 6.45) is 0. The minimum absolute atomic E-state index is 0.434. The SMILES string of the molecule is CCN(Cc1ccc(C(C)CN)cc1)C(C)COC. The summed E-state index contributed by atoms with van der Waals surface area (Å²) >= 11 is 0. The zero-order valence-corrected chi connectivity index (χ0v) is 12.7. The van der Waals surface area contributed by atoms with E-state index in [9.17, 15) is 0 Å². The van der Waals surface area contributed by atoms with Crippen LogP contribution in [0.2, 0.25) is 0 Å². The van der Waals surface area contributed by atoms with E-state index in [-0.39, 0.29) is 0 Å². The first-order chi connectivity index (χ1) is 9.12. The number of ether oxygens (including phenoxy) is 1. The lowest BCUT2D eigenvalue weighted by molar-refractivity contribution is 0.0982. The summed E-state index contributed by atoms with van der Waals surface area (Å²) in [5.74, 6) is 0.434. The minimum atomic E-state index is 0.434. The summed E-state index contributed by atoms with van der Waals surface area (Å²) in [5.41, 5.74) is 8.36. The number of hydrogen-bond donors (Lipinski definition) is 1. The van der Waals surface area contributed by atoms with E-state index in [1.807, 2.05) is 0 Å². The van der Waals surface area contributed by atoms with Crippen LogP contribution in [0, 0.1) is 0 Å². The van der Waals surface area contributed by atoms with Crippen LogP contribution in [0.5, 0.6) is 0 Å². The van der Waals surface area contributed by atoms with E-state index in [1.165, 1.54) is 11.1 Å². The summed E-state index contributed by atoms with van der Waals surface area (Å²) in [6, 6.07) is 9.26. The van der Waals surface area contributed by atoms with E-state index >= 15 is 0 Å². The quantitative estimate of drug-likeness (QED) is 0.784. The first-order valence-electron chi connectivity index (χ1n) is 7.14. The van der Waals surface area contributed by atoms with E-state index in [0.29, 0.717) is 18.5 Å². The van der Waals surface area contributed by atoms with Crippen LogP contribution in [0.25, 0.3) is 0 Å². The van der Waals surface area contributed by atoms with E-state index in [2.05, 4.69) is 49.9 Å². The normalized spacial score (nSPS) is 14.6. The Morgan fingerprint density at radius 2 is 1.84 bits per heavy atom. The molecule has 0 aromatic heterocycles. The second kappa shape index (κ2) is 8.31. The van der Waals surface area contributed by atoms with Crippen molar-refractivity contribution in [3.63, 3.8) is 0 Å². The number of benzene rings is 1. The van der Waals surface area contributed by atoms with E-state index in [0.717, 1.165) is 19.7 Å². The number of hydrogen-bond acceptors (Lipinski definition) is 3. The van der Waals surface area contributed by atoms with Gasteiger partial charge in [-0.3, -0.25) is 4.90 Å². The van der Waals surface area contributed by atoms with Gasteiger partial charge in [0.05, 0.1) is 6.61 Å². The van der Waals surface area contributed by atoms with Crippen molar-refractivity contribution in [2.75, 3.05) is 26.8 Å². The van der Waals surface area contributed by atoms with Crippen molar-refractivity contribution in [1.82, 2.24) is 4.90 Å². The molecule has 0 saturated carbocycles. The molecule has 1 aromatic carbocycles. The number of nitrogens with zero attached hydrogens (tertiary/aromatic N) is 1. The Bertz CT molecular complexity index is 350. The monoisotopic (exact) mass is 264 g/mol. The maximum absolute atomic E-state index is 5.70. The molecule has 0 radical (unpaired) electrons. The predicted molar refractivity (Wildman–Crippen MR) is 81.3 cm³/mol. The third kappa shape index (κ3) is 4.94. The highest BCUT2D eigenvalue weighted by Gasteiger charge is 2.12. The summed E-state index contributed by atoms with van der Waals surface area (Å²) in [4.78, 5) is 2.42. The van der Waals surface area contributed by atoms with Gasteiger partial charge in [0.1, 0.15) is 0 Å². The van der Waals surface area contributed by atoms with Crippen molar-refractivity contribution in [3.8, 4) is 0 Å². The Kier molecular flexibility index (Phi) is 7.06. The maximum Gasteiger partial charge on any atom is 0.0615 e. The molecule has 2 unspecified atom stereocenters. The van der Waals surface area contributed by atoms with Gasteiger partial charge in [0.15, 0.2) is 0 Å². The molecule has 0 saturated heterocycles. The Balaban J connectivity index is 2.65. The first kappa shape index (κ1) is 16.2. The second-order valence-corrected chi connectivity index (χ2v) is 5.25. The Hall–Kier alpha value is -0.900. The molecular weight excluding hydrogens is 236 g/mol. The second-order valence-electron chi connectivity index (χ2n) is 5.25. The molecule has 1 rings (SSSR count). The molecule has 3 heteroatoms. The van der Waals surface area contributed by atoms with E-state index in [1.54, 1.807) is 7.11 Å². The standard InChI is InChI=1S/C16H28N2O/c1-5-18(14(3)12-19-4)11-15-6-8-16(9-7-15)13(2)10-17/h6-9,13-14H,5,10-12,17H2,1-4H3. The van der Waals surface area contributed by atoms with Crippen molar-refractivity contribution < 1.29 is 4.74 Å². The number of likely N-dealkylation sites (N-methyl/N-ethyl adjacent to an activating group) is 1. The Morgan fingerprint density at radius 1 is 1.21 bits per heavy atom. The lowest BCUT2D eigenvalue weighted by Crippen LogP contribution is -2.35. The van der Waals surface area contributed by atoms with Crippen molar-refractivity contribution in [2.24, 2.45) is 5.73 Å². The lowest BCUT2D eigenvalue weighted by atomic mass is 10.00. The summed E-state index contributed by atoms with van der Waals surface area (Å²) < 4.78 is 5.23. The molecule has 0 heterocycles. The molecule has 0 fully saturated rings. The molecule has 0 aliphatic rings. The van der Waals surface area contributed by atoms with Gasteiger partial charge in [-0.2, -0.15) is 0 Å². The zero-order valence-electron chi connectivity index (χ0n) is 12.7. The highest BCUT2D eigenvalue weighted by molar-refractivity contribution is 5.25. The molecule has 0 amide bonds. The Labute approximate surface area is 117 Å². The van der Waals surface area contributed by atoms with Gasteiger partial charge in [0, 0.05) is 19.7 Å². The fraction of sp³-hybridized carbons (Fsp3) is 0.625. The average Bonchev–Trinajstić information content (AvgIpc) is 2.44. The molecule has 108 valence electrons. The molecular formula is C16H28N2O. The molecule has 2 atom stereocenters. The van der Waals surface area contributed by atoms with Crippen LogP contribution in [-0.2, 0) is 11.3 Å². The molecule has 0 aliphatic carbocycles. The van der Waals surface area contributed by atoms with Crippen molar-refractivity contribution in [3.05, 3.63) is 35.4 Å². The van der Waals surface area contributed by atoms with Crippen molar-refractivity contribution in [2.45, 2.75) is 39.3 Å². The molecule has 19 heavy (non-hydrogen) atoms. The molecule has 1 aromatic rings. The van der Waals surface area contributed by atoms with E-state index < -0.39 is 0 Å². The summed E-state index contributed by atoms with van der Waals surface area (Å²) in [6.45, 7) is 10.0. The third-order valence-corrected chi connectivity index (χ3v) is 3.73. The van der Waals surface area contributed by atoms with Crippen LogP contribution in [0.1, 0.15) is 37.8 Å².